The number of carbonyl (C=O) groups excluding carboxylic acids is 1. The first-order valence-electron chi connectivity index (χ1n) is 4.16. The van der Waals surface area contributed by atoms with Gasteiger partial charge in [-0.3, -0.25) is 0 Å². The van der Waals surface area contributed by atoms with E-state index in [-0.39, 0.29) is 0 Å². The van der Waals surface area contributed by atoms with Gasteiger partial charge in [-0.05, 0) is 19.1 Å². The molecule has 2 aromatic heterocycles. The van der Waals surface area contributed by atoms with E-state index >= 15 is 0 Å². The fourth-order valence-corrected chi connectivity index (χ4v) is 1.07. The molecule has 0 aromatic carbocycles. The van der Waals surface area contributed by atoms with Gasteiger partial charge >= 0.3 is 6.09 Å². The minimum absolute atomic E-state index is 0.299. The minimum atomic E-state index is -0.561. The summed E-state index contributed by atoms with van der Waals surface area (Å²) < 4.78 is 5.82. The van der Waals surface area contributed by atoms with E-state index in [0.717, 1.165) is 4.68 Å². The van der Waals surface area contributed by atoms with Crippen molar-refractivity contribution in [1.82, 2.24) is 20.0 Å². The molecule has 2 rings (SSSR count). The first kappa shape index (κ1) is 8.61. The third kappa shape index (κ3) is 1.30. The molecule has 0 amide bonds. The number of hydrogen-bond donors (Lipinski definition) is 0. The van der Waals surface area contributed by atoms with Crippen LogP contribution in [0.5, 0.6) is 0 Å². The summed E-state index contributed by atoms with van der Waals surface area (Å²) in [4.78, 5) is 15.3. The van der Waals surface area contributed by atoms with Crippen molar-refractivity contribution in [2.24, 2.45) is 0 Å². The summed E-state index contributed by atoms with van der Waals surface area (Å²) in [5, 5.41) is 7.42. The topological polar surface area (TPSA) is 69.9 Å². The summed E-state index contributed by atoms with van der Waals surface area (Å²) in [5.41, 5.74) is 0.978. The maximum absolute atomic E-state index is 11.3. The molecule has 0 saturated carbocycles. The Morgan fingerprint density at radius 2 is 2.50 bits per heavy atom. The smallest absolute Gasteiger partial charge is 0.438 e. The largest absolute Gasteiger partial charge is 0.448 e. The highest BCUT2D eigenvalue weighted by atomic mass is 16.6. The molecule has 0 saturated heterocycles. The summed E-state index contributed by atoms with van der Waals surface area (Å²) >= 11 is 0. The maximum atomic E-state index is 11.3. The zero-order valence-electron chi connectivity index (χ0n) is 7.54. The third-order valence-electron chi connectivity index (χ3n) is 1.65. The molecule has 0 N–H and O–H groups in total. The van der Waals surface area contributed by atoms with E-state index < -0.39 is 6.09 Å². The Kier molecular flexibility index (Phi) is 2.10. The molecule has 0 unspecified atom stereocenters. The number of hydrogen-bond acceptors (Lipinski definition) is 5. The predicted octanol–water partition coefficient (Wildman–Crippen LogP) is 0.831. The first-order chi connectivity index (χ1) is 6.83. The van der Waals surface area contributed by atoms with E-state index in [1.807, 2.05) is 0 Å². The monoisotopic (exact) mass is 192 g/mol. The molecular weight excluding hydrogens is 184 g/mol. The van der Waals surface area contributed by atoms with Gasteiger partial charge in [0.25, 0.3) is 0 Å². The van der Waals surface area contributed by atoms with Crippen LogP contribution in [0.3, 0.4) is 0 Å². The van der Waals surface area contributed by atoms with E-state index in [9.17, 15) is 4.79 Å². The van der Waals surface area contributed by atoms with E-state index in [1.165, 1.54) is 0 Å². The molecule has 0 spiro atoms. The van der Waals surface area contributed by atoms with E-state index in [2.05, 4.69) is 15.3 Å². The van der Waals surface area contributed by atoms with Crippen LogP contribution >= 0.6 is 0 Å². The Balaban J connectivity index is 2.47. The van der Waals surface area contributed by atoms with Crippen LogP contribution in [0.25, 0.3) is 11.2 Å². The second kappa shape index (κ2) is 3.41. The molecule has 2 aromatic rings. The highest BCUT2D eigenvalue weighted by molar-refractivity contribution is 5.81. The molecule has 14 heavy (non-hydrogen) atoms. The molecule has 0 bridgehead atoms. The van der Waals surface area contributed by atoms with Gasteiger partial charge in [0.2, 0.25) is 0 Å². The van der Waals surface area contributed by atoms with Gasteiger partial charge in [-0.1, -0.05) is 5.21 Å². The van der Waals surface area contributed by atoms with Gasteiger partial charge in [0.1, 0.15) is 5.52 Å². The molecule has 72 valence electrons. The van der Waals surface area contributed by atoms with Crippen molar-refractivity contribution in [3.63, 3.8) is 0 Å². The lowest BCUT2D eigenvalue weighted by atomic mass is 10.4. The van der Waals surface area contributed by atoms with Gasteiger partial charge in [0.05, 0.1) is 6.61 Å². The Morgan fingerprint density at radius 1 is 1.64 bits per heavy atom. The van der Waals surface area contributed by atoms with Crippen molar-refractivity contribution in [1.29, 1.82) is 0 Å². The average molecular weight is 192 g/mol. The second-order valence-corrected chi connectivity index (χ2v) is 2.55. The van der Waals surface area contributed by atoms with Crippen molar-refractivity contribution in [2.75, 3.05) is 6.61 Å². The Morgan fingerprint density at radius 3 is 3.29 bits per heavy atom. The Labute approximate surface area is 79.5 Å². The summed E-state index contributed by atoms with van der Waals surface area (Å²) in [7, 11) is 0. The summed E-state index contributed by atoms with van der Waals surface area (Å²) in [5.74, 6) is 0. The van der Waals surface area contributed by atoms with Gasteiger partial charge in [-0.15, -0.1) is 9.78 Å². The molecule has 0 aliphatic rings. The fraction of sp³-hybridized carbons (Fsp3) is 0.250. The van der Waals surface area contributed by atoms with Crippen molar-refractivity contribution in [2.45, 2.75) is 6.92 Å². The summed E-state index contributed by atoms with van der Waals surface area (Å²) in [6.45, 7) is 2.03. The van der Waals surface area contributed by atoms with Crippen molar-refractivity contribution < 1.29 is 9.53 Å². The van der Waals surface area contributed by atoms with Crippen LogP contribution in [-0.2, 0) is 4.74 Å². The van der Waals surface area contributed by atoms with E-state index in [1.54, 1.807) is 25.3 Å². The van der Waals surface area contributed by atoms with Crippen LogP contribution in [0.1, 0.15) is 6.92 Å². The van der Waals surface area contributed by atoms with E-state index in [0.29, 0.717) is 17.8 Å². The normalized spacial score (nSPS) is 10.4. The highest BCUT2D eigenvalue weighted by Crippen LogP contribution is 2.06. The van der Waals surface area contributed by atoms with Gasteiger partial charge in [-0.25, -0.2) is 9.78 Å². The van der Waals surface area contributed by atoms with Crippen LogP contribution < -0.4 is 0 Å². The molecule has 0 aliphatic carbocycles. The number of nitrogens with zero attached hydrogens (tertiary/aromatic N) is 4. The van der Waals surface area contributed by atoms with E-state index in [4.69, 9.17) is 4.74 Å². The predicted molar refractivity (Wildman–Crippen MR) is 47.7 cm³/mol. The number of ether oxygens (including phenoxy) is 1. The standard InChI is InChI=1S/C8H8N4O2/c1-2-14-8(13)12-7-6(10-11-12)4-3-5-9-7/h3-5H,2H2,1H3. The quantitative estimate of drug-likeness (QED) is 0.669. The number of fused-ring (bicyclic) bond motifs is 1. The number of aromatic nitrogens is 4. The Bertz CT molecular complexity index is 465. The molecule has 0 atom stereocenters. The van der Waals surface area contributed by atoms with Crippen LogP contribution in [0, 0.1) is 0 Å². The van der Waals surface area contributed by atoms with Crippen LogP contribution in [-0.4, -0.2) is 32.7 Å². The van der Waals surface area contributed by atoms with Gasteiger partial charge in [0.15, 0.2) is 5.65 Å². The van der Waals surface area contributed by atoms with Gasteiger partial charge in [0, 0.05) is 6.20 Å². The Hall–Kier alpha value is -1.98. The molecule has 0 radical (unpaired) electrons. The zero-order chi connectivity index (χ0) is 9.97. The van der Waals surface area contributed by atoms with Gasteiger partial charge < -0.3 is 4.74 Å². The molecule has 2 heterocycles. The number of pyridine rings is 1. The summed E-state index contributed by atoms with van der Waals surface area (Å²) in [6.07, 6.45) is 1.01. The molecule has 0 aliphatic heterocycles. The number of rotatable bonds is 1. The lowest BCUT2D eigenvalue weighted by Gasteiger charge is -1.99. The van der Waals surface area contributed by atoms with Crippen LogP contribution in [0.4, 0.5) is 4.79 Å². The average Bonchev–Trinajstić information content (AvgIpc) is 2.61. The first-order valence-corrected chi connectivity index (χ1v) is 4.16. The lowest BCUT2D eigenvalue weighted by Crippen LogP contribution is -2.15. The minimum Gasteiger partial charge on any atom is -0.448 e. The van der Waals surface area contributed by atoms with Crippen molar-refractivity contribution in [3.05, 3.63) is 18.3 Å². The molecule has 0 fully saturated rings. The van der Waals surface area contributed by atoms with Crippen LogP contribution in [0.2, 0.25) is 0 Å². The SMILES string of the molecule is CCOC(=O)n1nnc2cccnc21. The fourth-order valence-electron chi connectivity index (χ4n) is 1.07. The molecule has 6 heteroatoms. The second-order valence-electron chi connectivity index (χ2n) is 2.55. The lowest BCUT2D eigenvalue weighted by molar-refractivity contribution is 0.151. The van der Waals surface area contributed by atoms with Crippen LogP contribution in [0.15, 0.2) is 18.3 Å². The molecule has 6 nitrogen and oxygen atoms in total. The van der Waals surface area contributed by atoms with Gasteiger partial charge in [-0.2, -0.15) is 0 Å². The zero-order valence-corrected chi connectivity index (χ0v) is 7.54. The molecular formula is C8H8N4O2. The third-order valence-corrected chi connectivity index (χ3v) is 1.65. The van der Waals surface area contributed by atoms with Crippen molar-refractivity contribution in [3.8, 4) is 0 Å². The highest BCUT2D eigenvalue weighted by Gasteiger charge is 2.12. The summed E-state index contributed by atoms with van der Waals surface area (Å²) in [6, 6.07) is 3.46. The number of carbonyl (C=O) groups is 1. The maximum Gasteiger partial charge on any atom is 0.438 e. The van der Waals surface area contributed by atoms with Crippen molar-refractivity contribution >= 4 is 17.3 Å².